The van der Waals surface area contributed by atoms with Gasteiger partial charge in [-0.1, -0.05) is 72.9 Å². The molecule has 0 aliphatic heterocycles. The van der Waals surface area contributed by atoms with Crippen LogP contribution in [0.2, 0.25) is 0 Å². The summed E-state index contributed by atoms with van der Waals surface area (Å²) in [4.78, 5) is 12.4. The molecule has 0 aromatic heterocycles. The van der Waals surface area contributed by atoms with Crippen molar-refractivity contribution >= 4 is 5.91 Å². The number of aromatic hydroxyl groups is 1. The van der Waals surface area contributed by atoms with Crippen LogP contribution in [0.4, 0.5) is 0 Å². The molecule has 28 heavy (non-hydrogen) atoms. The number of carbonyl (C=O) groups excluding carboxylic acids is 1. The number of amides is 1. The zero-order chi connectivity index (χ0) is 20.9. The van der Waals surface area contributed by atoms with Crippen LogP contribution in [0.15, 0.2) is 12.1 Å². The molecular formula is C25H41NO2. The molecule has 0 heterocycles. The van der Waals surface area contributed by atoms with Crippen LogP contribution >= 0.6 is 0 Å². The highest BCUT2D eigenvalue weighted by atomic mass is 16.3. The lowest BCUT2D eigenvalue weighted by Crippen LogP contribution is -2.30. The maximum absolute atomic E-state index is 12.4. The minimum absolute atomic E-state index is 0.0939. The molecule has 1 fully saturated rings. The number of aryl methyl sites for hydroxylation is 1. The Kier molecular flexibility index (Phi) is 7.59. The van der Waals surface area contributed by atoms with E-state index in [-0.39, 0.29) is 16.7 Å². The summed E-state index contributed by atoms with van der Waals surface area (Å²) in [5.74, 6) is 1.23. The second-order valence-corrected chi connectivity index (χ2v) is 10.3. The fraction of sp³-hybridized carbons (Fsp3) is 0.720. The summed E-state index contributed by atoms with van der Waals surface area (Å²) in [6.45, 7) is 13.7. The van der Waals surface area contributed by atoms with Gasteiger partial charge in [-0.15, -0.1) is 0 Å². The molecule has 1 saturated carbocycles. The third-order valence-corrected chi connectivity index (χ3v) is 6.54. The Hall–Kier alpha value is -1.51. The van der Waals surface area contributed by atoms with Crippen molar-refractivity contribution in [3.8, 4) is 5.75 Å². The summed E-state index contributed by atoms with van der Waals surface area (Å²) in [6, 6.07) is 4.21. The second-order valence-electron chi connectivity index (χ2n) is 10.3. The monoisotopic (exact) mass is 387 g/mol. The van der Waals surface area contributed by atoms with E-state index in [0.29, 0.717) is 24.5 Å². The number of phenolic OH excluding ortho intramolecular Hbond substituents is 1. The number of phenols is 1. The van der Waals surface area contributed by atoms with Crippen LogP contribution in [0, 0.1) is 5.92 Å². The molecule has 0 radical (unpaired) electrons. The summed E-state index contributed by atoms with van der Waals surface area (Å²) in [5, 5.41) is 14.1. The lowest BCUT2D eigenvalue weighted by atomic mass is 9.76. The minimum atomic E-state index is -0.137. The summed E-state index contributed by atoms with van der Waals surface area (Å²) in [5.41, 5.74) is 2.89. The zero-order valence-corrected chi connectivity index (χ0v) is 19.0. The topological polar surface area (TPSA) is 49.3 Å². The molecule has 1 aromatic rings. The smallest absolute Gasteiger partial charge is 0.220 e. The molecule has 0 bridgehead atoms. The van der Waals surface area contributed by atoms with Gasteiger partial charge in [0.25, 0.3) is 0 Å². The molecule has 0 atom stereocenters. The Labute approximate surface area is 172 Å². The van der Waals surface area contributed by atoms with Crippen molar-refractivity contribution in [3.05, 3.63) is 28.8 Å². The summed E-state index contributed by atoms with van der Waals surface area (Å²) in [6.07, 6.45) is 8.64. The van der Waals surface area contributed by atoms with E-state index in [0.717, 1.165) is 29.7 Å². The molecule has 3 heteroatoms. The van der Waals surface area contributed by atoms with Crippen molar-refractivity contribution in [3.63, 3.8) is 0 Å². The fourth-order valence-corrected chi connectivity index (χ4v) is 4.11. The maximum Gasteiger partial charge on any atom is 0.220 e. The molecule has 0 saturated heterocycles. The largest absolute Gasteiger partial charge is 0.507 e. The molecular weight excluding hydrogens is 346 g/mol. The molecule has 2 rings (SSSR count). The van der Waals surface area contributed by atoms with Gasteiger partial charge in [-0.25, -0.2) is 0 Å². The third-order valence-electron chi connectivity index (χ3n) is 6.54. The average Bonchev–Trinajstić information content (AvgIpc) is 2.65. The van der Waals surface area contributed by atoms with Crippen LogP contribution < -0.4 is 5.32 Å². The Morgan fingerprint density at radius 3 is 2.25 bits per heavy atom. The second kappa shape index (κ2) is 9.33. The number of rotatable bonds is 7. The van der Waals surface area contributed by atoms with Gasteiger partial charge in [0.2, 0.25) is 5.91 Å². The molecule has 1 aliphatic carbocycles. The van der Waals surface area contributed by atoms with Crippen LogP contribution in [-0.2, 0) is 22.0 Å². The Morgan fingerprint density at radius 1 is 1.07 bits per heavy atom. The fourth-order valence-electron chi connectivity index (χ4n) is 4.11. The summed E-state index contributed by atoms with van der Waals surface area (Å²) in [7, 11) is 0. The third kappa shape index (κ3) is 5.99. The quantitative estimate of drug-likeness (QED) is 0.602. The van der Waals surface area contributed by atoms with Crippen molar-refractivity contribution in [2.75, 3.05) is 6.54 Å². The Balaban J connectivity index is 2.09. The van der Waals surface area contributed by atoms with Crippen molar-refractivity contribution < 1.29 is 9.90 Å². The Bertz CT molecular complexity index is 664. The van der Waals surface area contributed by atoms with Crippen LogP contribution in [-0.4, -0.2) is 17.6 Å². The van der Waals surface area contributed by atoms with Gasteiger partial charge in [0.1, 0.15) is 5.75 Å². The molecule has 0 unspecified atom stereocenters. The van der Waals surface area contributed by atoms with Crippen LogP contribution in [0.25, 0.3) is 0 Å². The summed E-state index contributed by atoms with van der Waals surface area (Å²) < 4.78 is 0. The highest BCUT2D eigenvalue weighted by molar-refractivity contribution is 5.76. The van der Waals surface area contributed by atoms with Gasteiger partial charge in [-0.2, -0.15) is 0 Å². The van der Waals surface area contributed by atoms with E-state index in [1.807, 2.05) is 0 Å². The number of benzene rings is 1. The van der Waals surface area contributed by atoms with E-state index < -0.39 is 0 Å². The van der Waals surface area contributed by atoms with Crippen LogP contribution in [0.5, 0.6) is 5.75 Å². The molecule has 1 aromatic carbocycles. The van der Waals surface area contributed by atoms with Crippen LogP contribution in [0.1, 0.15) is 103 Å². The van der Waals surface area contributed by atoms with Gasteiger partial charge < -0.3 is 10.4 Å². The molecule has 0 spiro atoms. The predicted octanol–water partition coefficient (Wildman–Crippen LogP) is 6.01. The number of nitrogens with one attached hydrogen (secondary N) is 1. The molecule has 1 amide bonds. The maximum atomic E-state index is 12.4. The normalized spacial score (nSPS) is 16.2. The highest BCUT2D eigenvalue weighted by Gasteiger charge is 2.28. The zero-order valence-electron chi connectivity index (χ0n) is 19.0. The van der Waals surface area contributed by atoms with E-state index >= 15 is 0 Å². The van der Waals surface area contributed by atoms with Gasteiger partial charge in [-0.05, 0) is 53.6 Å². The van der Waals surface area contributed by atoms with Crippen molar-refractivity contribution in [1.82, 2.24) is 5.32 Å². The standard InChI is InChI=1S/C25H41NO2/c1-7-25(5,6)21-16-19(15-20(23(21)28)24(2,3)4)13-14-22(27)26-17-18-11-9-8-10-12-18/h15-16,18,28H,7-14,17H2,1-6H3,(H,26,27). The number of hydrogen-bond donors (Lipinski definition) is 2. The highest BCUT2D eigenvalue weighted by Crippen LogP contribution is 2.41. The van der Waals surface area contributed by atoms with Crippen molar-refractivity contribution in [2.45, 2.75) is 104 Å². The van der Waals surface area contributed by atoms with Gasteiger partial charge in [-0.3, -0.25) is 4.79 Å². The number of hydrogen-bond acceptors (Lipinski definition) is 2. The lowest BCUT2D eigenvalue weighted by Gasteiger charge is -2.30. The van der Waals surface area contributed by atoms with E-state index in [2.05, 4.69) is 59.0 Å². The average molecular weight is 388 g/mol. The van der Waals surface area contributed by atoms with E-state index in [1.165, 1.54) is 32.1 Å². The van der Waals surface area contributed by atoms with E-state index in [9.17, 15) is 9.90 Å². The van der Waals surface area contributed by atoms with E-state index in [1.54, 1.807) is 0 Å². The predicted molar refractivity (Wildman–Crippen MR) is 118 cm³/mol. The van der Waals surface area contributed by atoms with Gasteiger partial charge >= 0.3 is 0 Å². The molecule has 3 nitrogen and oxygen atoms in total. The van der Waals surface area contributed by atoms with Gasteiger partial charge in [0, 0.05) is 18.5 Å². The SMILES string of the molecule is CCC(C)(C)c1cc(CCC(=O)NCC2CCCCC2)cc(C(C)(C)C)c1O. The van der Waals surface area contributed by atoms with E-state index in [4.69, 9.17) is 0 Å². The summed E-state index contributed by atoms with van der Waals surface area (Å²) >= 11 is 0. The minimum Gasteiger partial charge on any atom is -0.507 e. The van der Waals surface area contributed by atoms with Crippen molar-refractivity contribution in [1.29, 1.82) is 0 Å². The lowest BCUT2D eigenvalue weighted by molar-refractivity contribution is -0.121. The van der Waals surface area contributed by atoms with Gasteiger partial charge in [0.15, 0.2) is 0 Å². The van der Waals surface area contributed by atoms with Crippen LogP contribution in [0.3, 0.4) is 0 Å². The van der Waals surface area contributed by atoms with Crippen molar-refractivity contribution in [2.24, 2.45) is 5.92 Å². The first-order valence-corrected chi connectivity index (χ1v) is 11.2. The van der Waals surface area contributed by atoms with Gasteiger partial charge in [0.05, 0.1) is 0 Å². The first kappa shape index (κ1) is 22.8. The molecule has 158 valence electrons. The Morgan fingerprint density at radius 2 is 1.68 bits per heavy atom. The molecule has 1 aliphatic rings. The first-order chi connectivity index (χ1) is 13.0. The number of carbonyl (C=O) groups is 1. The first-order valence-electron chi connectivity index (χ1n) is 11.2. The molecule has 2 N–H and O–H groups in total.